The summed E-state index contributed by atoms with van der Waals surface area (Å²) in [7, 11) is 0. The Bertz CT molecular complexity index is 1160. The first-order chi connectivity index (χ1) is 15.1. The van der Waals surface area contributed by atoms with Crippen LogP contribution < -0.4 is 10.1 Å². The van der Waals surface area contributed by atoms with Gasteiger partial charge in [-0.1, -0.05) is 48.5 Å². The molecular weight excluding hydrogens is 393 g/mol. The number of benzene rings is 3. The molecule has 0 fully saturated rings. The zero-order chi connectivity index (χ0) is 21.5. The SMILES string of the molecule is O=C(Cc1ccccc1)Cc1ccc(Oc2cc(Nc3cccc(F)c3)ncn2)cc1. The van der Waals surface area contributed by atoms with Crippen LogP contribution in [0.5, 0.6) is 11.6 Å². The van der Waals surface area contributed by atoms with E-state index in [-0.39, 0.29) is 11.6 Å². The van der Waals surface area contributed by atoms with Crippen molar-refractivity contribution in [3.05, 3.63) is 108 Å². The molecule has 4 rings (SSSR count). The number of aromatic nitrogens is 2. The van der Waals surface area contributed by atoms with E-state index < -0.39 is 0 Å². The highest BCUT2D eigenvalue weighted by molar-refractivity contribution is 5.83. The highest BCUT2D eigenvalue weighted by Crippen LogP contribution is 2.23. The Balaban J connectivity index is 1.36. The molecule has 0 radical (unpaired) electrons. The van der Waals surface area contributed by atoms with Gasteiger partial charge in [-0.05, 0) is 41.5 Å². The van der Waals surface area contributed by atoms with Crippen LogP contribution in [0.2, 0.25) is 0 Å². The Kier molecular flexibility index (Phi) is 6.28. The molecule has 0 atom stereocenters. The number of ketones is 1. The maximum Gasteiger partial charge on any atom is 0.224 e. The number of hydrogen-bond acceptors (Lipinski definition) is 5. The number of nitrogens with one attached hydrogen (secondary N) is 1. The van der Waals surface area contributed by atoms with E-state index in [2.05, 4.69) is 15.3 Å². The molecule has 0 aliphatic rings. The van der Waals surface area contributed by atoms with Crippen molar-refractivity contribution in [3.63, 3.8) is 0 Å². The van der Waals surface area contributed by atoms with Gasteiger partial charge >= 0.3 is 0 Å². The number of Topliss-reactive ketones (excluding diaryl/α,β-unsaturated/α-hetero) is 1. The van der Waals surface area contributed by atoms with Crippen LogP contribution in [-0.4, -0.2) is 15.8 Å². The Hall–Kier alpha value is -4.06. The summed E-state index contributed by atoms with van der Waals surface area (Å²) >= 11 is 0. The predicted molar refractivity (Wildman–Crippen MR) is 117 cm³/mol. The smallest absolute Gasteiger partial charge is 0.224 e. The number of anilines is 2. The topological polar surface area (TPSA) is 64.1 Å². The number of hydrogen-bond donors (Lipinski definition) is 1. The second-order valence-corrected chi connectivity index (χ2v) is 7.00. The van der Waals surface area contributed by atoms with Gasteiger partial charge < -0.3 is 10.1 Å². The van der Waals surface area contributed by atoms with Gasteiger partial charge in [-0.3, -0.25) is 4.79 Å². The lowest BCUT2D eigenvalue weighted by Gasteiger charge is -2.09. The molecule has 1 aromatic heterocycles. The molecule has 3 aromatic carbocycles. The van der Waals surface area contributed by atoms with E-state index in [0.29, 0.717) is 36.0 Å². The zero-order valence-corrected chi connectivity index (χ0v) is 16.7. The number of rotatable bonds is 8. The zero-order valence-electron chi connectivity index (χ0n) is 16.7. The van der Waals surface area contributed by atoms with E-state index in [1.807, 2.05) is 42.5 Å². The third kappa shape index (κ3) is 5.96. The molecule has 5 nitrogen and oxygen atoms in total. The molecule has 31 heavy (non-hydrogen) atoms. The molecule has 0 unspecified atom stereocenters. The summed E-state index contributed by atoms with van der Waals surface area (Å²) < 4.78 is 19.1. The van der Waals surface area contributed by atoms with Crippen molar-refractivity contribution in [1.29, 1.82) is 0 Å². The van der Waals surface area contributed by atoms with Crippen LogP contribution in [0.3, 0.4) is 0 Å². The highest BCUT2D eigenvalue weighted by Gasteiger charge is 2.07. The van der Waals surface area contributed by atoms with Gasteiger partial charge in [-0.25, -0.2) is 14.4 Å². The van der Waals surface area contributed by atoms with Gasteiger partial charge in [0.1, 0.15) is 29.5 Å². The second-order valence-electron chi connectivity index (χ2n) is 7.00. The lowest BCUT2D eigenvalue weighted by atomic mass is 10.0. The highest BCUT2D eigenvalue weighted by atomic mass is 19.1. The van der Waals surface area contributed by atoms with E-state index in [0.717, 1.165) is 11.1 Å². The van der Waals surface area contributed by atoms with Crippen molar-refractivity contribution in [2.45, 2.75) is 12.8 Å². The van der Waals surface area contributed by atoms with Crippen LogP contribution in [-0.2, 0) is 17.6 Å². The molecule has 0 aliphatic carbocycles. The monoisotopic (exact) mass is 413 g/mol. The van der Waals surface area contributed by atoms with Crippen molar-refractivity contribution in [2.24, 2.45) is 0 Å². The van der Waals surface area contributed by atoms with E-state index >= 15 is 0 Å². The molecule has 154 valence electrons. The Morgan fingerprint density at radius 3 is 2.32 bits per heavy atom. The van der Waals surface area contributed by atoms with Crippen LogP contribution in [0.15, 0.2) is 91.3 Å². The summed E-state index contributed by atoms with van der Waals surface area (Å²) in [5, 5.41) is 3.01. The maximum absolute atomic E-state index is 13.3. The van der Waals surface area contributed by atoms with E-state index in [4.69, 9.17) is 4.74 Å². The minimum Gasteiger partial charge on any atom is -0.439 e. The first-order valence-electron chi connectivity index (χ1n) is 9.81. The molecule has 6 heteroatoms. The fraction of sp³-hybridized carbons (Fsp3) is 0.0800. The van der Waals surface area contributed by atoms with Crippen molar-refractivity contribution < 1.29 is 13.9 Å². The molecule has 1 heterocycles. The van der Waals surface area contributed by atoms with Gasteiger partial charge in [-0.2, -0.15) is 0 Å². The van der Waals surface area contributed by atoms with Gasteiger partial charge in [-0.15, -0.1) is 0 Å². The van der Waals surface area contributed by atoms with Crippen LogP contribution in [0.25, 0.3) is 0 Å². The van der Waals surface area contributed by atoms with Crippen LogP contribution >= 0.6 is 0 Å². The first-order valence-corrected chi connectivity index (χ1v) is 9.81. The molecule has 0 saturated heterocycles. The molecular formula is C25H20FN3O2. The average Bonchev–Trinajstić information content (AvgIpc) is 2.76. The summed E-state index contributed by atoms with van der Waals surface area (Å²) in [4.78, 5) is 20.5. The first kappa shape index (κ1) is 20.2. The molecule has 0 spiro atoms. The van der Waals surface area contributed by atoms with Crippen molar-refractivity contribution in [3.8, 4) is 11.6 Å². The van der Waals surface area contributed by atoms with Crippen LogP contribution in [0, 0.1) is 5.82 Å². The van der Waals surface area contributed by atoms with Crippen LogP contribution in [0.4, 0.5) is 15.9 Å². The predicted octanol–water partition coefficient (Wildman–Crippen LogP) is 5.51. The molecule has 4 aromatic rings. The summed E-state index contributed by atoms with van der Waals surface area (Å²) in [6.45, 7) is 0. The van der Waals surface area contributed by atoms with E-state index in [1.165, 1.54) is 18.5 Å². The maximum atomic E-state index is 13.3. The number of ether oxygens (including phenoxy) is 1. The number of nitrogens with zero attached hydrogens (tertiary/aromatic N) is 2. The second kappa shape index (κ2) is 9.63. The fourth-order valence-corrected chi connectivity index (χ4v) is 3.09. The Labute approximate surface area is 179 Å². The molecule has 0 bridgehead atoms. The quantitative estimate of drug-likeness (QED) is 0.413. The fourth-order valence-electron chi connectivity index (χ4n) is 3.09. The Morgan fingerprint density at radius 2 is 1.58 bits per heavy atom. The molecule has 0 amide bonds. The molecule has 0 saturated carbocycles. The number of carbonyl (C=O) groups is 1. The van der Waals surface area contributed by atoms with Crippen molar-refractivity contribution in [1.82, 2.24) is 9.97 Å². The Morgan fingerprint density at radius 1 is 0.839 bits per heavy atom. The lowest BCUT2D eigenvalue weighted by molar-refractivity contribution is -0.117. The summed E-state index contributed by atoms with van der Waals surface area (Å²) in [5.74, 6) is 1.25. The third-order valence-electron chi connectivity index (χ3n) is 4.53. The van der Waals surface area contributed by atoms with Gasteiger partial charge in [0.2, 0.25) is 5.88 Å². The standard InChI is InChI=1S/C25H20FN3O2/c26-20-7-4-8-21(15-20)29-24-16-25(28-17-27-24)31-23-11-9-19(10-12-23)14-22(30)13-18-5-2-1-3-6-18/h1-12,15-17H,13-14H2,(H,27,28,29). The van der Waals surface area contributed by atoms with Crippen molar-refractivity contribution in [2.75, 3.05) is 5.32 Å². The van der Waals surface area contributed by atoms with Gasteiger partial charge in [0.15, 0.2) is 0 Å². The minimum atomic E-state index is -0.335. The van der Waals surface area contributed by atoms with Crippen LogP contribution in [0.1, 0.15) is 11.1 Å². The molecule has 1 N–H and O–H groups in total. The number of halogens is 1. The van der Waals surface area contributed by atoms with Gasteiger partial charge in [0, 0.05) is 24.6 Å². The largest absolute Gasteiger partial charge is 0.439 e. The summed E-state index contributed by atoms with van der Waals surface area (Å²) in [6, 6.07) is 24.8. The van der Waals surface area contributed by atoms with E-state index in [9.17, 15) is 9.18 Å². The minimum absolute atomic E-state index is 0.156. The van der Waals surface area contributed by atoms with Crippen molar-refractivity contribution >= 4 is 17.3 Å². The summed E-state index contributed by atoms with van der Waals surface area (Å²) in [6.07, 6.45) is 2.15. The summed E-state index contributed by atoms with van der Waals surface area (Å²) in [5.41, 5.74) is 2.51. The molecule has 0 aliphatic heterocycles. The van der Waals surface area contributed by atoms with Gasteiger partial charge in [0.25, 0.3) is 0 Å². The van der Waals surface area contributed by atoms with E-state index in [1.54, 1.807) is 30.3 Å². The lowest BCUT2D eigenvalue weighted by Crippen LogP contribution is -2.06. The normalized spacial score (nSPS) is 10.5. The number of carbonyl (C=O) groups excluding carboxylic acids is 1. The van der Waals surface area contributed by atoms with Gasteiger partial charge in [0.05, 0.1) is 0 Å². The average molecular weight is 413 g/mol. The third-order valence-corrected chi connectivity index (χ3v) is 4.53.